The van der Waals surface area contributed by atoms with E-state index in [1.165, 1.54) is 0 Å². The summed E-state index contributed by atoms with van der Waals surface area (Å²) in [6.07, 6.45) is 0.937. The molecule has 0 spiro atoms. The van der Waals surface area contributed by atoms with Crippen molar-refractivity contribution < 1.29 is 17.9 Å². The summed E-state index contributed by atoms with van der Waals surface area (Å²) in [6.45, 7) is 0.887. The summed E-state index contributed by atoms with van der Waals surface area (Å²) in [5.41, 5.74) is 0.375. The van der Waals surface area contributed by atoms with Gasteiger partial charge in [0, 0.05) is 23.8 Å². The van der Waals surface area contributed by atoms with Gasteiger partial charge in [-0.2, -0.15) is 0 Å². The highest BCUT2D eigenvalue weighted by Gasteiger charge is 2.30. The summed E-state index contributed by atoms with van der Waals surface area (Å²) in [6, 6.07) is 6.25. The molecule has 104 valence electrons. The van der Waals surface area contributed by atoms with Crippen molar-refractivity contribution in [3.05, 3.63) is 34.9 Å². The zero-order valence-electron chi connectivity index (χ0n) is 10.3. The molecule has 1 heterocycles. The first-order valence-corrected chi connectivity index (χ1v) is 8.16. The number of ether oxygens (including phenoxy) is 1. The first kappa shape index (κ1) is 14.5. The summed E-state index contributed by atoms with van der Waals surface area (Å²) in [4.78, 5) is 12.0. The molecule has 0 atom stereocenters. The SMILES string of the molecule is O=C(CS(=O)(=O)C1CCOCC1)c1ccc(Cl)cc1. The predicted molar refractivity (Wildman–Crippen MR) is 73.4 cm³/mol. The van der Waals surface area contributed by atoms with Crippen LogP contribution in [0, 0.1) is 0 Å². The summed E-state index contributed by atoms with van der Waals surface area (Å²) in [5.74, 6) is -0.831. The quantitative estimate of drug-likeness (QED) is 0.799. The monoisotopic (exact) mass is 302 g/mol. The van der Waals surface area contributed by atoms with Gasteiger partial charge in [0.15, 0.2) is 15.6 Å². The molecule has 1 aromatic rings. The number of carbonyl (C=O) groups is 1. The molecule has 0 amide bonds. The van der Waals surface area contributed by atoms with E-state index >= 15 is 0 Å². The average Bonchev–Trinajstić information content (AvgIpc) is 2.40. The number of Topliss-reactive ketones (excluding diaryl/α,β-unsaturated/α-hetero) is 1. The second-order valence-corrected chi connectivity index (χ2v) is 7.27. The first-order valence-electron chi connectivity index (χ1n) is 6.07. The van der Waals surface area contributed by atoms with E-state index in [0.717, 1.165) is 0 Å². The lowest BCUT2D eigenvalue weighted by Gasteiger charge is -2.21. The molecule has 1 fully saturated rings. The smallest absolute Gasteiger partial charge is 0.177 e. The molecule has 19 heavy (non-hydrogen) atoms. The Morgan fingerprint density at radius 1 is 1.21 bits per heavy atom. The van der Waals surface area contributed by atoms with Crippen LogP contribution in [0.3, 0.4) is 0 Å². The normalized spacial score (nSPS) is 17.3. The third kappa shape index (κ3) is 3.78. The van der Waals surface area contributed by atoms with Gasteiger partial charge in [-0.15, -0.1) is 0 Å². The van der Waals surface area contributed by atoms with Crippen molar-refractivity contribution in [3.8, 4) is 0 Å². The lowest BCUT2D eigenvalue weighted by Crippen LogP contribution is -2.33. The van der Waals surface area contributed by atoms with Gasteiger partial charge in [0.05, 0.1) is 5.25 Å². The Morgan fingerprint density at radius 2 is 1.79 bits per heavy atom. The van der Waals surface area contributed by atoms with Crippen molar-refractivity contribution in [2.75, 3.05) is 19.0 Å². The van der Waals surface area contributed by atoms with Crippen LogP contribution in [0.15, 0.2) is 24.3 Å². The number of rotatable bonds is 4. The molecule has 0 aliphatic carbocycles. The summed E-state index contributed by atoms with van der Waals surface area (Å²) < 4.78 is 29.4. The van der Waals surface area contributed by atoms with Crippen LogP contribution in [0.2, 0.25) is 5.02 Å². The molecule has 0 aromatic heterocycles. The van der Waals surface area contributed by atoms with Crippen LogP contribution in [-0.2, 0) is 14.6 Å². The number of hydrogen-bond donors (Lipinski definition) is 0. The number of carbonyl (C=O) groups excluding carboxylic acids is 1. The maximum absolute atomic E-state index is 12.1. The van der Waals surface area contributed by atoms with Gasteiger partial charge in [0.25, 0.3) is 0 Å². The van der Waals surface area contributed by atoms with Crippen LogP contribution < -0.4 is 0 Å². The molecule has 0 saturated carbocycles. The molecule has 0 unspecified atom stereocenters. The molecule has 6 heteroatoms. The zero-order valence-corrected chi connectivity index (χ0v) is 11.9. The van der Waals surface area contributed by atoms with Gasteiger partial charge in [0.1, 0.15) is 5.75 Å². The highest BCUT2D eigenvalue weighted by molar-refractivity contribution is 7.92. The van der Waals surface area contributed by atoms with Gasteiger partial charge < -0.3 is 4.74 Å². The van der Waals surface area contributed by atoms with E-state index in [1.807, 2.05) is 0 Å². The molecule has 1 aliphatic rings. The number of hydrogen-bond acceptors (Lipinski definition) is 4. The first-order chi connectivity index (χ1) is 8.99. The van der Waals surface area contributed by atoms with Gasteiger partial charge in [0.2, 0.25) is 0 Å². The van der Waals surface area contributed by atoms with Crippen molar-refractivity contribution in [1.82, 2.24) is 0 Å². The number of halogens is 1. The van der Waals surface area contributed by atoms with E-state index in [0.29, 0.717) is 36.6 Å². The molecular formula is C13H15ClO4S. The summed E-state index contributed by atoms with van der Waals surface area (Å²) in [5, 5.41) is 0.0568. The molecule has 1 aliphatic heterocycles. The van der Waals surface area contributed by atoms with Crippen molar-refractivity contribution in [2.24, 2.45) is 0 Å². The number of ketones is 1. The fourth-order valence-electron chi connectivity index (χ4n) is 2.05. The zero-order chi connectivity index (χ0) is 13.9. The summed E-state index contributed by atoms with van der Waals surface area (Å²) in [7, 11) is -3.40. The molecule has 4 nitrogen and oxygen atoms in total. The molecule has 1 aromatic carbocycles. The van der Waals surface area contributed by atoms with Crippen LogP contribution in [0.5, 0.6) is 0 Å². The average molecular weight is 303 g/mol. The Bertz CT molecular complexity index is 545. The predicted octanol–water partition coefficient (Wildman–Crippen LogP) is 2.12. The lowest BCUT2D eigenvalue weighted by atomic mass is 10.1. The highest BCUT2D eigenvalue weighted by Crippen LogP contribution is 2.18. The van der Waals surface area contributed by atoms with Gasteiger partial charge in [-0.25, -0.2) is 8.42 Å². The Labute approximate surface area is 117 Å². The molecule has 0 bridgehead atoms. The minimum atomic E-state index is -3.40. The van der Waals surface area contributed by atoms with Crippen molar-refractivity contribution in [3.63, 3.8) is 0 Å². The topological polar surface area (TPSA) is 60.4 Å². The van der Waals surface area contributed by atoms with Gasteiger partial charge in [-0.05, 0) is 37.1 Å². The van der Waals surface area contributed by atoms with E-state index < -0.39 is 20.8 Å². The van der Waals surface area contributed by atoms with Crippen LogP contribution >= 0.6 is 11.6 Å². The Morgan fingerprint density at radius 3 is 2.37 bits per heavy atom. The van der Waals surface area contributed by atoms with E-state index in [1.54, 1.807) is 24.3 Å². The lowest BCUT2D eigenvalue weighted by molar-refractivity contribution is 0.0971. The Hall–Kier alpha value is -0.910. The third-order valence-corrected chi connectivity index (χ3v) is 5.58. The molecule has 1 saturated heterocycles. The fraction of sp³-hybridized carbons (Fsp3) is 0.462. The van der Waals surface area contributed by atoms with Crippen molar-refractivity contribution >= 4 is 27.2 Å². The number of sulfone groups is 1. The van der Waals surface area contributed by atoms with Crippen molar-refractivity contribution in [2.45, 2.75) is 18.1 Å². The Kier molecular flexibility index (Phi) is 4.60. The standard InChI is InChI=1S/C13H15ClO4S/c14-11-3-1-10(2-4-11)13(15)9-19(16,17)12-5-7-18-8-6-12/h1-4,12H,5-9H2. The largest absolute Gasteiger partial charge is 0.381 e. The maximum atomic E-state index is 12.1. The van der Waals surface area contributed by atoms with E-state index in [9.17, 15) is 13.2 Å². The van der Waals surface area contributed by atoms with E-state index in [4.69, 9.17) is 16.3 Å². The fourth-order valence-corrected chi connectivity index (χ4v) is 3.86. The molecular weight excluding hydrogens is 288 g/mol. The second-order valence-electron chi connectivity index (χ2n) is 4.55. The van der Waals surface area contributed by atoms with Crippen LogP contribution in [0.1, 0.15) is 23.2 Å². The minimum absolute atomic E-state index is 0.375. The maximum Gasteiger partial charge on any atom is 0.177 e. The van der Waals surface area contributed by atoms with E-state index in [2.05, 4.69) is 0 Å². The molecule has 0 N–H and O–H groups in total. The van der Waals surface area contributed by atoms with E-state index in [-0.39, 0.29) is 5.78 Å². The van der Waals surface area contributed by atoms with Crippen molar-refractivity contribution in [1.29, 1.82) is 0 Å². The van der Waals surface area contributed by atoms with Gasteiger partial charge in [-0.1, -0.05) is 11.6 Å². The number of benzene rings is 1. The molecule has 2 rings (SSSR count). The Balaban J connectivity index is 2.07. The van der Waals surface area contributed by atoms with Crippen LogP contribution in [0.4, 0.5) is 0 Å². The van der Waals surface area contributed by atoms with Gasteiger partial charge >= 0.3 is 0 Å². The molecule has 0 radical (unpaired) electrons. The minimum Gasteiger partial charge on any atom is -0.381 e. The highest BCUT2D eigenvalue weighted by atomic mass is 35.5. The second kappa shape index (κ2) is 6.03. The summed E-state index contributed by atoms with van der Waals surface area (Å²) >= 11 is 5.73. The van der Waals surface area contributed by atoms with Crippen LogP contribution in [-0.4, -0.2) is 38.4 Å². The van der Waals surface area contributed by atoms with Crippen LogP contribution in [0.25, 0.3) is 0 Å². The third-order valence-electron chi connectivity index (χ3n) is 3.17. The van der Waals surface area contributed by atoms with Gasteiger partial charge in [-0.3, -0.25) is 4.79 Å².